The molecule has 1 aliphatic heterocycles. The molecule has 1 aromatic rings. The summed E-state index contributed by atoms with van der Waals surface area (Å²) in [7, 11) is 0. The Hall–Kier alpha value is -1.66. The number of carbonyl (C=O) groups is 1. The van der Waals surface area contributed by atoms with Crippen LogP contribution in [-0.2, 0) is 11.3 Å². The van der Waals surface area contributed by atoms with E-state index in [0.29, 0.717) is 12.5 Å². The molecular formula is C16H24ClN3O3. The Labute approximate surface area is 142 Å². The maximum Gasteiger partial charge on any atom is 0.269 e. The van der Waals surface area contributed by atoms with Crippen molar-refractivity contribution >= 4 is 24.0 Å². The van der Waals surface area contributed by atoms with Gasteiger partial charge in [-0.05, 0) is 38.4 Å². The fourth-order valence-electron chi connectivity index (χ4n) is 2.56. The van der Waals surface area contributed by atoms with Crippen LogP contribution < -0.4 is 5.32 Å². The highest BCUT2D eigenvalue weighted by atomic mass is 35.5. The van der Waals surface area contributed by atoms with Gasteiger partial charge in [0.25, 0.3) is 5.69 Å². The van der Waals surface area contributed by atoms with Gasteiger partial charge >= 0.3 is 0 Å². The zero-order chi connectivity index (χ0) is 16.3. The van der Waals surface area contributed by atoms with Gasteiger partial charge in [-0.25, -0.2) is 0 Å². The van der Waals surface area contributed by atoms with E-state index in [1.54, 1.807) is 12.1 Å². The van der Waals surface area contributed by atoms with Gasteiger partial charge in [-0.1, -0.05) is 19.1 Å². The third kappa shape index (κ3) is 4.65. The molecule has 23 heavy (non-hydrogen) atoms. The second kappa shape index (κ2) is 8.26. The molecule has 1 heterocycles. The third-order valence-corrected chi connectivity index (χ3v) is 4.32. The molecular weight excluding hydrogens is 318 g/mol. The summed E-state index contributed by atoms with van der Waals surface area (Å²) in [5.74, 6) is 0.562. The molecule has 1 amide bonds. The van der Waals surface area contributed by atoms with Crippen molar-refractivity contribution in [1.29, 1.82) is 0 Å². The lowest BCUT2D eigenvalue weighted by Crippen LogP contribution is -2.51. The van der Waals surface area contributed by atoms with Crippen LogP contribution >= 0.6 is 12.4 Å². The Balaban J connectivity index is 0.00000264. The smallest absolute Gasteiger partial charge is 0.269 e. The molecule has 7 heteroatoms. The molecule has 0 aliphatic carbocycles. The first kappa shape index (κ1) is 19.4. The van der Waals surface area contributed by atoms with E-state index in [4.69, 9.17) is 0 Å². The number of nitrogens with zero attached hydrogens (tertiary/aromatic N) is 2. The Morgan fingerprint density at radius 1 is 1.30 bits per heavy atom. The topological polar surface area (TPSA) is 75.5 Å². The Kier molecular flexibility index (Phi) is 6.97. The monoisotopic (exact) mass is 341 g/mol. The van der Waals surface area contributed by atoms with E-state index >= 15 is 0 Å². The van der Waals surface area contributed by atoms with Crippen molar-refractivity contribution in [3.05, 3.63) is 39.9 Å². The van der Waals surface area contributed by atoms with Crippen molar-refractivity contribution in [3.63, 3.8) is 0 Å². The molecule has 0 spiro atoms. The summed E-state index contributed by atoms with van der Waals surface area (Å²) >= 11 is 0. The highest BCUT2D eigenvalue weighted by molar-refractivity contribution is 5.85. The molecule has 0 radical (unpaired) electrons. The van der Waals surface area contributed by atoms with E-state index in [1.165, 1.54) is 12.1 Å². The number of nitro benzene ring substituents is 1. The van der Waals surface area contributed by atoms with Crippen LogP contribution in [0.15, 0.2) is 24.3 Å². The molecule has 1 aromatic carbocycles. The van der Waals surface area contributed by atoms with Crippen LogP contribution in [0.1, 0.15) is 26.3 Å². The van der Waals surface area contributed by atoms with E-state index in [1.807, 2.05) is 25.7 Å². The minimum Gasteiger partial charge on any atom is -0.336 e. The first-order chi connectivity index (χ1) is 10.4. The van der Waals surface area contributed by atoms with E-state index in [2.05, 4.69) is 5.32 Å². The van der Waals surface area contributed by atoms with Crippen molar-refractivity contribution in [1.82, 2.24) is 10.2 Å². The van der Waals surface area contributed by atoms with Crippen LogP contribution in [0, 0.1) is 22.0 Å². The van der Waals surface area contributed by atoms with Crippen LogP contribution in [-0.4, -0.2) is 34.9 Å². The fraction of sp³-hybridized carbons (Fsp3) is 0.562. The number of hydrogen-bond acceptors (Lipinski definition) is 4. The summed E-state index contributed by atoms with van der Waals surface area (Å²) in [6.07, 6.45) is 0. The summed E-state index contributed by atoms with van der Waals surface area (Å²) in [6.45, 7) is 8.26. The molecule has 1 unspecified atom stereocenters. The SMILES string of the molecule is CC(C(=O)N(Cc1ccc([N+](=O)[O-])cc1)C(C)C)C1CNC1.Cl. The van der Waals surface area contributed by atoms with Crippen LogP contribution in [0.3, 0.4) is 0 Å². The van der Waals surface area contributed by atoms with E-state index < -0.39 is 4.92 Å². The van der Waals surface area contributed by atoms with Crippen LogP contribution in [0.5, 0.6) is 0 Å². The van der Waals surface area contributed by atoms with E-state index in [0.717, 1.165) is 18.7 Å². The van der Waals surface area contributed by atoms with Crippen LogP contribution in [0.25, 0.3) is 0 Å². The van der Waals surface area contributed by atoms with Gasteiger partial charge in [0, 0.05) is 30.6 Å². The number of non-ortho nitro benzene ring substituents is 1. The van der Waals surface area contributed by atoms with Crippen molar-refractivity contribution < 1.29 is 9.72 Å². The largest absolute Gasteiger partial charge is 0.336 e. The Bertz CT molecular complexity index is 544. The van der Waals surface area contributed by atoms with Gasteiger partial charge in [-0.2, -0.15) is 0 Å². The van der Waals surface area contributed by atoms with Crippen molar-refractivity contribution in [2.45, 2.75) is 33.4 Å². The fourth-order valence-corrected chi connectivity index (χ4v) is 2.56. The molecule has 6 nitrogen and oxygen atoms in total. The lowest BCUT2D eigenvalue weighted by Gasteiger charge is -2.36. The second-order valence-electron chi connectivity index (χ2n) is 6.19. The Morgan fingerprint density at radius 3 is 2.26 bits per heavy atom. The third-order valence-electron chi connectivity index (χ3n) is 4.32. The van der Waals surface area contributed by atoms with E-state index in [9.17, 15) is 14.9 Å². The van der Waals surface area contributed by atoms with Crippen LogP contribution in [0.2, 0.25) is 0 Å². The number of nitro groups is 1. The van der Waals surface area contributed by atoms with Gasteiger partial charge in [-0.15, -0.1) is 12.4 Å². The summed E-state index contributed by atoms with van der Waals surface area (Å²) in [6, 6.07) is 6.50. The molecule has 0 aromatic heterocycles. The maximum atomic E-state index is 12.7. The molecule has 0 saturated carbocycles. The highest BCUT2D eigenvalue weighted by Crippen LogP contribution is 2.22. The van der Waals surface area contributed by atoms with Gasteiger partial charge in [0.1, 0.15) is 0 Å². The number of benzene rings is 1. The molecule has 1 N–H and O–H groups in total. The zero-order valence-corrected chi connectivity index (χ0v) is 14.5. The highest BCUT2D eigenvalue weighted by Gasteiger charge is 2.32. The molecule has 1 fully saturated rings. The predicted octanol–water partition coefficient (Wildman–Crippen LogP) is 2.61. The van der Waals surface area contributed by atoms with Gasteiger partial charge in [0.15, 0.2) is 0 Å². The lowest BCUT2D eigenvalue weighted by atomic mass is 9.87. The van der Waals surface area contributed by atoms with E-state index in [-0.39, 0.29) is 36.0 Å². The van der Waals surface area contributed by atoms with Gasteiger partial charge in [0.2, 0.25) is 5.91 Å². The number of halogens is 1. The van der Waals surface area contributed by atoms with Crippen molar-refractivity contribution in [2.24, 2.45) is 11.8 Å². The number of rotatable bonds is 6. The standard InChI is InChI=1S/C16H23N3O3.ClH/c1-11(2)18(16(20)12(3)14-8-17-9-14)10-13-4-6-15(7-5-13)19(21)22;/h4-7,11-12,14,17H,8-10H2,1-3H3;1H. The summed E-state index contributed by atoms with van der Waals surface area (Å²) in [4.78, 5) is 24.8. The normalized spacial score (nSPS) is 15.5. The number of amides is 1. The minimum atomic E-state index is -0.416. The summed E-state index contributed by atoms with van der Waals surface area (Å²) in [5.41, 5.74) is 0.978. The predicted molar refractivity (Wildman–Crippen MR) is 91.6 cm³/mol. The molecule has 1 saturated heterocycles. The van der Waals surface area contributed by atoms with Gasteiger partial charge in [0.05, 0.1) is 4.92 Å². The van der Waals surface area contributed by atoms with Crippen molar-refractivity contribution in [3.8, 4) is 0 Å². The molecule has 0 bridgehead atoms. The average Bonchev–Trinajstić information content (AvgIpc) is 2.42. The van der Waals surface area contributed by atoms with Gasteiger partial charge < -0.3 is 10.2 Å². The lowest BCUT2D eigenvalue weighted by molar-refractivity contribution is -0.384. The number of nitrogens with one attached hydrogen (secondary N) is 1. The Morgan fingerprint density at radius 2 is 1.87 bits per heavy atom. The quantitative estimate of drug-likeness (QED) is 0.637. The second-order valence-corrected chi connectivity index (χ2v) is 6.19. The number of hydrogen-bond donors (Lipinski definition) is 1. The first-order valence-electron chi connectivity index (χ1n) is 7.64. The average molecular weight is 342 g/mol. The minimum absolute atomic E-state index is 0. The number of carbonyl (C=O) groups excluding carboxylic acids is 1. The molecule has 2 rings (SSSR count). The summed E-state index contributed by atoms with van der Waals surface area (Å²) in [5, 5.41) is 13.9. The van der Waals surface area contributed by atoms with Gasteiger partial charge in [-0.3, -0.25) is 14.9 Å². The molecule has 128 valence electrons. The maximum absolute atomic E-state index is 12.7. The van der Waals surface area contributed by atoms with Crippen molar-refractivity contribution in [2.75, 3.05) is 13.1 Å². The first-order valence-corrected chi connectivity index (χ1v) is 7.64. The molecule has 1 aliphatic rings. The molecule has 1 atom stereocenters. The summed E-state index contributed by atoms with van der Waals surface area (Å²) < 4.78 is 0. The van der Waals surface area contributed by atoms with Crippen LogP contribution in [0.4, 0.5) is 5.69 Å². The zero-order valence-electron chi connectivity index (χ0n) is 13.7.